The summed E-state index contributed by atoms with van der Waals surface area (Å²) in [5.41, 5.74) is 8.12. The number of hydrogen-bond donors (Lipinski definition) is 1. The average Bonchev–Trinajstić information content (AvgIpc) is 2.36. The molecule has 19 heavy (non-hydrogen) atoms. The van der Waals surface area contributed by atoms with Gasteiger partial charge >= 0.3 is 0 Å². The summed E-state index contributed by atoms with van der Waals surface area (Å²) in [4.78, 5) is 0. The van der Waals surface area contributed by atoms with E-state index in [1.165, 1.54) is 6.07 Å². The van der Waals surface area contributed by atoms with Crippen LogP contribution in [0.25, 0.3) is 0 Å². The summed E-state index contributed by atoms with van der Waals surface area (Å²) in [6.07, 6.45) is 0. The molecule has 0 aliphatic heterocycles. The molecule has 0 aromatic heterocycles. The molecule has 0 fully saturated rings. The van der Waals surface area contributed by atoms with Crippen molar-refractivity contribution in [2.75, 3.05) is 5.73 Å². The summed E-state index contributed by atoms with van der Waals surface area (Å²) in [7, 11) is 0. The van der Waals surface area contributed by atoms with E-state index < -0.39 is 11.6 Å². The maximum atomic E-state index is 13.5. The van der Waals surface area contributed by atoms with Crippen LogP contribution in [0.1, 0.15) is 11.1 Å². The quantitative estimate of drug-likeness (QED) is 0.677. The molecule has 0 unspecified atom stereocenters. The number of anilines is 1. The molecular formula is C14H12BrF2NO. The first-order chi connectivity index (χ1) is 8.99. The van der Waals surface area contributed by atoms with Gasteiger partial charge in [-0.3, -0.25) is 0 Å². The predicted octanol–water partition coefficient (Wildman–Crippen LogP) is 4.20. The average molecular weight is 328 g/mol. The summed E-state index contributed by atoms with van der Waals surface area (Å²) in [5, 5.41) is 0. The Balaban J connectivity index is 2.21. The second-order valence-electron chi connectivity index (χ2n) is 4.12. The van der Waals surface area contributed by atoms with E-state index in [2.05, 4.69) is 15.9 Å². The summed E-state index contributed by atoms with van der Waals surface area (Å²) >= 11 is 3.09. The summed E-state index contributed by atoms with van der Waals surface area (Å²) in [6, 6.07) is 7.84. The Labute approximate surface area is 118 Å². The van der Waals surface area contributed by atoms with E-state index in [9.17, 15) is 8.78 Å². The molecule has 0 radical (unpaired) electrons. The fraction of sp³-hybridized carbons (Fsp3) is 0.143. The number of ether oxygens (including phenoxy) is 1. The summed E-state index contributed by atoms with van der Waals surface area (Å²) in [5.74, 6) is -2.08. The van der Waals surface area contributed by atoms with Crippen LogP contribution in [0.15, 0.2) is 34.8 Å². The lowest BCUT2D eigenvalue weighted by Gasteiger charge is -2.11. The molecule has 0 saturated heterocycles. The molecule has 0 aliphatic rings. The van der Waals surface area contributed by atoms with Crippen molar-refractivity contribution in [1.82, 2.24) is 0 Å². The maximum absolute atomic E-state index is 13.5. The molecule has 5 heteroatoms. The molecule has 2 aromatic carbocycles. The molecule has 0 spiro atoms. The molecule has 2 aromatic rings. The van der Waals surface area contributed by atoms with Crippen LogP contribution in [-0.2, 0) is 6.61 Å². The van der Waals surface area contributed by atoms with E-state index in [0.29, 0.717) is 10.2 Å². The fourth-order valence-corrected chi connectivity index (χ4v) is 2.06. The van der Waals surface area contributed by atoms with Gasteiger partial charge in [0.1, 0.15) is 6.61 Å². The zero-order valence-electron chi connectivity index (χ0n) is 10.2. The van der Waals surface area contributed by atoms with Crippen LogP contribution in [0.2, 0.25) is 0 Å². The number of hydrogen-bond acceptors (Lipinski definition) is 2. The van der Waals surface area contributed by atoms with Gasteiger partial charge in [0, 0.05) is 10.2 Å². The van der Waals surface area contributed by atoms with Gasteiger partial charge in [-0.05, 0) is 36.2 Å². The van der Waals surface area contributed by atoms with Crippen molar-refractivity contribution < 1.29 is 13.5 Å². The minimum atomic E-state index is -0.996. The van der Waals surface area contributed by atoms with Crippen LogP contribution in [0.4, 0.5) is 14.5 Å². The second kappa shape index (κ2) is 5.57. The lowest BCUT2D eigenvalue weighted by molar-refractivity contribution is 0.284. The van der Waals surface area contributed by atoms with Crippen molar-refractivity contribution in [3.8, 4) is 5.75 Å². The largest absolute Gasteiger partial charge is 0.486 e. The highest BCUT2D eigenvalue weighted by Crippen LogP contribution is 2.26. The Morgan fingerprint density at radius 3 is 2.74 bits per heavy atom. The van der Waals surface area contributed by atoms with Crippen molar-refractivity contribution in [2.24, 2.45) is 0 Å². The molecule has 2 rings (SSSR count). The highest BCUT2D eigenvalue weighted by atomic mass is 79.9. The van der Waals surface area contributed by atoms with Crippen molar-refractivity contribution in [1.29, 1.82) is 0 Å². The van der Waals surface area contributed by atoms with Gasteiger partial charge < -0.3 is 10.5 Å². The van der Waals surface area contributed by atoms with Gasteiger partial charge in [-0.2, -0.15) is 4.39 Å². The molecule has 0 atom stereocenters. The minimum Gasteiger partial charge on any atom is -0.486 e. The van der Waals surface area contributed by atoms with E-state index >= 15 is 0 Å². The van der Waals surface area contributed by atoms with Gasteiger partial charge in [0.05, 0.1) is 0 Å². The second-order valence-corrected chi connectivity index (χ2v) is 5.04. The van der Waals surface area contributed by atoms with E-state index in [0.717, 1.165) is 17.2 Å². The first-order valence-corrected chi connectivity index (χ1v) is 6.39. The Kier molecular flexibility index (Phi) is 4.04. The Bertz CT molecular complexity index is 617. The molecule has 0 bridgehead atoms. The summed E-state index contributed by atoms with van der Waals surface area (Å²) < 4.78 is 32.5. The van der Waals surface area contributed by atoms with Gasteiger partial charge in [0.25, 0.3) is 0 Å². The van der Waals surface area contributed by atoms with E-state index in [-0.39, 0.29) is 12.4 Å². The fourth-order valence-electron chi connectivity index (χ4n) is 1.65. The lowest BCUT2D eigenvalue weighted by Crippen LogP contribution is -2.02. The standard InChI is InChI=1S/C14H12BrF2NO/c1-8-9(3-2-4-12(8)18)7-19-13-6-10(15)5-11(16)14(13)17/h2-6H,7,18H2,1H3. The summed E-state index contributed by atoms with van der Waals surface area (Å²) in [6.45, 7) is 1.98. The topological polar surface area (TPSA) is 35.2 Å². The third-order valence-electron chi connectivity index (χ3n) is 2.83. The number of benzene rings is 2. The number of halogens is 3. The van der Waals surface area contributed by atoms with Gasteiger partial charge in [-0.15, -0.1) is 0 Å². The zero-order chi connectivity index (χ0) is 14.0. The van der Waals surface area contributed by atoms with Crippen LogP contribution < -0.4 is 10.5 Å². The molecule has 0 saturated carbocycles. The zero-order valence-corrected chi connectivity index (χ0v) is 11.8. The normalized spacial score (nSPS) is 10.5. The monoisotopic (exact) mass is 327 g/mol. The third kappa shape index (κ3) is 3.04. The van der Waals surface area contributed by atoms with Gasteiger partial charge in [-0.1, -0.05) is 28.1 Å². The van der Waals surface area contributed by atoms with Gasteiger partial charge in [0.2, 0.25) is 5.82 Å². The molecular weight excluding hydrogens is 316 g/mol. The highest BCUT2D eigenvalue weighted by Gasteiger charge is 2.12. The van der Waals surface area contributed by atoms with Crippen LogP contribution >= 0.6 is 15.9 Å². The smallest absolute Gasteiger partial charge is 0.200 e. The predicted molar refractivity (Wildman–Crippen MR) is 74.0 cm³/mol. The first kappa shape index (κ1) is 13.8. The minimum absolute atomic E-state index is 0.129. The van der Waals surface area contributed by atoms with E-state index in [1.807, 2.05) is 13.0 Å². The van der Waals surface area contributed by atoms with Gasteiger partial charge in [0.15, 0.2) is 11.6 Å². The first-order valence-electron chi connectivity index (χ1n) is 5.60. The molecule has 0 heterocycles. The van der Waals surface area contributed by atoms with Crippen molar-refractivity contribution in [3.05, 3.63) is 57.6 Å². The third-order valence-corrected chi connectivity index (χ3v) is 3.29. The Hall–Kier alpha value is -1.62. The van der Waals surface area contributed by atoms with E-state index in [1.54, 1.807) is 12.1 Å². The molecule has 2 nitrogen and oxygen atoms in total. The molecule has 100 valence electrons. The number of nitrogens with two attached hydrogens (primary N) is 1. The van der Waals surface area contributed by atoms with Crippen LogP contribution in [-0.4, -0.2) is 0 Å². The van der Waals surface area contributed by atoms with Gasteiger partial charge in [-0.25, -0.2) is 4.39 Å². The van der Waals surface area contributed by atoms with Crippen LogP contribution in [0, 0.1) is 18.6 Å². The Morgan fingerprint density at radius 2 is 2.00 bits per heavy atom. The van der Waals surface area contributed by atoms with Crippen LogP contribution in [0.5, 0.6) is 5.75 Å². The molecule has 2 N–H and O–H groups in total. The lowest BCUT2D eigenvalue weighted by atomic mass is 10.1. The SMILES string of the molecule is Cc1c(N)cccc1COc1cc(Br)cc(F)c1F. The van der Waals surface area contributed by atoms with E-state index in [4.69, 9.17) is 10.5 Å². The van der Waals surface area contributed by atoms with Crippen molar-refractivity contribution in [2.45, 2.75) is 13.5 Å². The highest BCUT2D eigenvalue weighted by molar-refractivity contribution is 9.10. The molecule has 0 aliphatic carbocycles. The number of rotatable bonds is 3. The number of nitrogen functional groups attached to an aromatic ring is 1. The van der Waals surface area contributed by atoms with Crippen molar-refractivity contribution >= 4 is 21.6 Å². The Morgan fingerprint density at radius 1 is 1.26 bits per heavy atom. The maximum Gasteiger partial charge on any atom is 0.200 e. The van der Waals surface area contributed by atoms with Crippen LogP contribution in [0.3, 0.4) is 0 Å². The van der Waals surface area contributed by atoms with Crippen molar-refractivity contribution in [3.63, 3.8) is 0 Å². The molecule has 0 amide bonds.